The van der Waals surface area contributed by atoms with Crippen LogP contribution in [0.5, 0.6) is 0 Å². The molecule has 4 heteroatoms. The third-order valence-corrected chi connectivity index (χ3v) is 3.65. The lowest BCUT2D eigenvalue weighted by molar-refractivity contribution is -0.0626. The molecule has 20 heavy (non-hydrogen) atoms. The number of rotatable bonds is 7. The van der Waals surface area contributed by atoms with Gasteiger partial charge < -0.3 is 19.3 Å². The molecule has 2 unspecified atom stereocenters. The monoisotopic (exact) mass is 280 g/mol. The first-order chi connectivity index (χ1) is 9.83. The van der Waals surface area contributed by atoms with E-state index in [0.29, 0.717) is 26.4 Å². The van der Waals surface area contributed by atoms with Crippen molar-refractivity contribution in [1.29, 1.82) is 0 Å². The van der Waals surface area contributed by atoms with Crippen molar-refractivity contribution in [2.24, 2.45) is 0 Å². The first-order valence-corrected chi connectivity index (χ1v) is 7.27. The summed E-state index contributed by atoms with van der Waals surface area (Å²) in [7, 11) is 1.65. The minimum Gasteiger partial charge on any atom is -0.386 e. The maximum Gasteiger partial charge on any atom is 0.105 e. The molecule has 0 saturated carbocycles. The number of methoxy groups -OCH3 is 1. The van der Waals surface area contributed by atoms with Crippen LogP contribution in [-0.2, 0) is 20.6 Å². The quantitative estimate of drug-likeness (QED) is 0.614. The van der Waals surface area contributed by atoms with E-state index < -0.39 is 6.10 Å². The predicted octanol–water partition coefficient (Wildman–Crippen LogP) is 2.10. The molecule has 0 saturated heterocycles. The summed E-state index contributed by atoms with van der Waals surface area (Å²) in [6.07, 6.45) is 2.27. The van der Waals surface area contributed by atoms with Crippen LogP contribution < -0.4 is 0 Å². The van der Waals surface area contributed by atoms with Gasteiger partial charge in [0.2, 0.25) is 0 Å². The van der Waals surface area contributed by atoms with E-state index in [1.54, 1.807) is 7.11 Å². The van der Waals surface area contributed by atoms with Gasteiger partial charge in [-0.2, -0.15) is 0 Å². The van der Waals surface area contributed by atoms with Gasteiger partial charge in [0.15, 0.2) is 0 Å². The van der Waals surface area contributed by atoms with Crippen LogP contribution in [0.15, 0.2) is 24.3 Å². The molecule has 1 aliphatic rings. The van der Waals surface area contributed by atoms with Crippen LogP contribution in [-0.4, -0.2) is 44.7 Å². The minimum atomic E-state index is -0.535. The summed E-state index contributed by atoms with van der Waals surface area (Å²) < 4.78 is 16.1. The lowest BCUT2D eigenvalue weighted by atomic mass is 10.0. The Morgan fingerprint density at radius 3 is 2.80 bits per heavy atom. The SMILES string of the molecule is COCCOCCOC1CCCc2ccccc2C1O. The van der Waals surface area contributed by atoms with Crippen molar-refractivity contribution < 1.29 is 19.3 Å². The molecule has 1 N–H and O–H groups in total. The molecule has 1 aromatic carbocycles. The van der Waals surface area contributed by atoms with Gasteiger partial charge in [-0.05, 0) is 30.4 Å². The predicted molar refractivity (Wildman–Crippen MR) is 76.8 cm³/mol. The van der Waals surface area contributed by atoms with Crippen LogP contribution in [0, 0.1) is 0 Å². The van der Waals surface area contributed by atoms with Crippen LogP contribution >= 0.6 is 0 Å². The highest BCUT2D eigenvalue weighted by molar-refractivity contribution is 5.30. The zero-order chi connectivity index (χ0) is 14.2. The fourth-order valence-corrected chi connectivity index (χ4v) is 2.58. The number of ether oxygens (including phenoxy) is 3. The van der Waals surface area contributed by atoms with Crippen molar-refractivity contribution in [2.75, 3.05) is 33.5 Å². The molecule has 2 rings (SSSR count). The van der Waals surface area contributed by atoms with Crippen LogP contribution in [0.4, 0.5) is 0 Å². The lowest BCUT2D eigenvalue weighted by Gasteiger charge is -2.22. The first-order valence-electron chi connectivity index (χ1n) is 7.27. The van der Waals surface area contributed by atoms with E-state index in [2.05, 4.69) is 6.07 Å². The van der Waals surface area contributed by atoms with E-state index in [-0.39, 0.29) is 6.10 Å². The van der Waals surface area contributed by atoms with Crippen LogP contribution in [0.1, 0.15) is 30.1 Å². The smallest absolute Gasteiger partial charge is 0.105 e. The summed E-state index contributed by atoms with van der Waals surface area (Å²) in [5.41, 5.74) is 2.25. The van der Waals surface area contributed by atoms with E-state index in [1.165, 1.54) is 5.56 Å². The molecule has 0 aliphatic heterocycles. The third-order valence-electron chi connectivity index (χ3n) is 3.65. The normalized spacial score (nSPS) is 22.3. The van der Waals surface area contributed by atoms with Crippen molar-refractivity contribution in [1.82, 2.24) is 0 Å². The first kappa shape index (κ1) is 15.4. The van der Waals surface area contributed by atoms with Gasteiger partial charge >= 0.3 is 0 Å². The summed E-state index contributed by atoms with van der Waals surface area (Å²) in [5, 5.41) is 10.5. The zero-order valence-electron chi connectivity index (χ0n) is 12.1. The molecule has 4 nitrogen and oxygen atoms in total. The van der Waals surface area contributed by atoms with Gasteiger partial charge in [-0.3, -0.25) is 0 Å². The van der Waals surface area contributed by atoms with E-state index in [1.807, 2.05) is 18.2 Å². The number of aliphatic hydroxyl groups is 1. The van der Waals surface area contributed by atoms with Crippen molar-refractivity contribution in [3.8, 4) is 0 Å². The second-order valence-electron chi connectivity index (χ2n) is 5.05. The Labute approximate surface area is 120 Å². The third kappa shape index (κ3) is 4.28. The Hall–Kier alpha value is -0.940. The summed E-state index contributed by atoms with van der Waals surface area (Å²) >= 11 is 0. The van der Waals surface area contributed by atoms with Crippen LogP contribution in [0.2, 0.25) is 0 Å². The van der Waals surface area contributed by atoms with Gasteiger partial charge in [-0.1, -0.05) is 24.3 Å². The molecule has 0 fully saturated rings. The highest BCUT2D eigenvalue weighted by Crippen LogP contribution is 2.30. The molecular formula is C16H24O4. The summed E-state index contributed by atoms with van der Waals surface area (Å²) in [6.45, 7) is 2.22. The Morgan fingerprint density at radius 1 is 1.15 bits per heavy atom. The number of aryl methyl sites for hydroxylation is 1. The Kier molecular flexibility index (Phi) is 6.47. The van der Waals surface area contributed by atoms with E-state index in [0.717, 1.165) is 24.8 Å². The largest absolute Gasteiger partial charge is 0.386 e. The number of benzene rings is 1. The molecule has 0 amide bonds. The zero-order valence-corrected chi connectivity index (χ0v) is 12.1. The van der Waals surface area contributed by atoms with Gasteiger partial charge in [-0.25, -0.2) is 0 Å². The second-order valence-corrected chi connectivity index (χ2v) is 5.05. The van der Waals surface area contributed by atoms with E-state index in [4.69, 9.17) is 14.2 Å². The fraction of sp³-hybridized carbons (Fsp3) is 0.625. The summed E-state index contributed by atoms with van der Waals surface area (Å²) in [6, 6.07) is 8.08. The van der Waals surface area contributed by atoms with E-state index >= 15 is 0 Å². The average Bonchev–Trinajstić information content (AvgIpc) is 2.63. The Morgan fingerprint density at radius 2 is 1.95 bits per heavy atom. The summed E-state index contributed by atoms with van der Waals surface area (Å²) in [4.78, 5) is 0. The number of hydrogen-bond acceptors (Lipinski definition) is 4. The molecule has 0 bridgehead atoms. The van der Waals surface area contributed by atoms with Gasteiger partial charge in [0, 0.05) is 7.11 Å². The molecule has 112 valence electrons. The van der Waals surface area contributed by atoms with Crippen LogP contribution in [0.3, 0.4) is 0 Å². The fourth-order valence-electron chi connectivity index (χ4n) is 2.58. The maximum atomic E-state index is 10.5. The van der Waals surface area contributed by atoms with Crippen molar-refractivity contribution in [3.63, 3.8) is 0 Å². The van der Waals surface area contributed by atoms with Gasteiger partial charge in [0.25, 0.3) is 0 Å². The standard InChI is InChI=1S/C16H24O4/c1-18-9-10-19-11-12-20-15-8-4-6-13-5-2-3-7-14(13)16(15)17/h2-3,5,7,15-17H,4,6,8-12H2,1H3. The molecule has 0 heterocycles. The second kappa shape index (κ2) is 8.37. The van der Waals surface area contributed by atoms with Crippen LogP contribution in [0.25, 0.3) is 0 Å². The Bertz CT molecular complexity index is 394. The summed E-state index contributed by atoms with van der Waals surface area (Å²) in [5.74, 6) is 0. The maximum absolute atomic E-state index is 10.5. The minimum absolute atomic E-state index is 0.135. The number of aliphatic hydroxyl groups excluding tert-OH is 1. The number of fused-ring (bicyclic) bond motifs is 1. The molecule has 0 spiro atoms. The van der Waals surface area contributed by atoms with Crippen molar-refractivity contribution in [3.05, 3.63) is 35.4 Å². The molecular weight excluding hydrogens is 256 g/mol. The van der Waals surface area contributed by atoms with Crippen molar-refractivity contribution in [2.45, 2.75) is 31.5 Å². The van der Waals surface area contributed by atoms with Gasteiger partial charge in [0.05, 0.1) is 32.5 Å². The molecule has 0 aromatic heterocycles. The lowest BCUT2D eigenvalue weighted by Crippen LogP contribution is -2.23. The van der Waals surface area contributed by atoms with Gasteiger partial charge in [-0.15, -0.1) is 0 Å². The van der Waals surface area contributed by atoms with E-state index in [9.17, 15) is 5.11 Å². The highest BCUT2D eigenvalue weighted by Gasteiger charge is 2.26. The topological polar surface area (TPSA) is 47.9 Å². The molecule has 1 aliphatic carbocycles. The molecule has 0 radical (unpaired) electrons. The van der Waals surface area contributed by atoms with Gasteiger partial charge in [0.1, 0.15) is 6.10 Å². The Balaban J connectivity index is 1.80. The van der Waals surface area contributed by atoms with Crippen molar-refractivity contribution >= 4 is 0 Å². The highest BCUT2D eigenvalue weighted by atomic mass is 16.5. The molecule has 1 aromatic rings. The molecule has 2 atom stereocenters. The number of hydrogen-bond donors (Lipinski definition) is 1. The average molecular weight is 280 g/mol.